The van der Waals surface area contributed by atoms with Gasteiger partial charge in [-0.15, -0.1) is 0 Å². The van der Waals surface area contributed by atoms with Gasteiger partial charge in [0.15, 0.2) is 5.82 Å². The predicted octanol–water partition coefficient (Wildman–Crippen LogP) is 3.94. The highest BCUT2D eigenvalue weighted by Gasteiger charge is 2.21. The summed E-state index contributed by atoms with van der Waals surface area (Å²) in [4.78, 5) is 25.6. The third-order valence-corrected chi connectivity index (χ3v) is 4.86. The lowest BCUT2D eigenvalue weighted by Crippen LogP contribution is -2.23. The van der Waals surface area contributed by atoms with Crippen LogP contribution in [0.1, 0.15) is 49.6 Å². The van der Waals surface area contributed by atoms with E-state index < -0.39 is 0 Å². The van der Waals surface area contributed by atoms with Crippen LogP contribution in [0, 0.1) is 0 Å². The standard InChI is InChI=1S/C24H26N6O3/c1-5-32-18-8-6-16(7-9-18)13-26-21(31)19-14-30(15-27-19)20-12-17(10-11-25-20)22-28-23(29-33-22)24(2,3)4/h6-12,14-15H,5,13H2,1-4H3,(H,26,31). The van der Waals surface area contributed by atoms with E-state index in [0.717, 1.165) is 16.9 Å². The van der Waals surface area contributed by atoms with Gasteiger partial charge in [0.2, 0.25) is 0 Å². The van der Waals surface area contributed by atoms with Crippen molar-refractivity contribution in [3.05, 3.63) is 72.2 Å². The lowest BCUT2D eigenvalue weighted by atomic mass is 9.96. The number of nitrogens with zero attached hydrogens (tertiary/aromatic N) is 5. The maximum absolute atomic E-state index is 12.6. The van der Waals surface area contributed by atoms with E-state index in [1.807, 2.05) is 58.0 Å². The largest absolute Gasteiger partial charge is 0.494 e. The molecule has 170 valence electrons. The zero-order valence-electron chi connectivity index (χ0n) is 19.1. The van der Waals surface area contributed by atoms with E-state index in [1.54, 1.807) is 29.4 Å². The number of nitrogens with one attached hydrogen (secondary N) is 1. The minimum Gasteiger partial charge on any atom is -0.494 e. The highest BCUT2D eigenvalue weighted by Crippen LogP contribution is 2.24. The second-order valence-electron chi connectivity index (χ2n) is 8.50. The van der Waals surface area contributed by atoms with Crippen molar-refractivity contribution in [3.63, 3.8) is 0 Å². The van der Waals surface area contributed by atoms with Gasteiger partial charge in [0.25, 0.3) is 11.8 Å². The lowest BCUT2D eigenvalue weighted by Gasteiger charge is -2.10. The zero-order chi connectivity index (χ0) is 23.4. The predicted molar refractivity (Wildman–Crippen MR) is 122 cm³/mol. The van der Waals surface area contributed by atoms with Crippen molar-refractivity contribution >= 4 is 5.91 Å². The third-order valence-electron chi connectivity index (χ3n) is 4.86. The molecule has 0 aliphatic heterocycles. The first-order valence-electron chi connectivity index (χ1n) is 10.7. The highest BCUT2D eigenvalue weighted by atomic mass is 16.5. The molecule has 4 rings (SSSR count). The highest BCUT2D eigenvalue weighted by molar-refractivity contribution is 5.92. The topological polar surface area (TPSA) is 108 Å². The molecule has 1 amide bonds. The van der Waals surface area contributed by atoms with Gasteiger partial charge in [0, 0.05) is 29.9 Å². The minimum absolute atomic E-state index is 0.213. The monoisotopic (exact) mass is 446 g/mol. The van der Waals surface area contributed by atoms with E-state index in [9.17, 15) is 4.79 Å². The molecule has 0 spiro atoms. The van der Waals surface area contributed by atoms with Crippen LogP contribution < -0.4 is 10.1 Å². The SMILES string of the molecule is CCOc1ccc(CNC(=O)c2cn(-c3cc(-c4nc(C(C)(C)C)no4)ccn3)cn2)cc1. The first kappa shape index (κ1) is 22.2. The van der Waals surface area contributed by atoms with Crippen LogP contribution in [0.2, 0.25) is 0 Å². The Labute approximate surface area is 191 Å². The molecule has 0 saturated heterocycles. The Hall–Kier alpha value is -4.01. The number of hydrogen-bond acceptors (Lipinski definition) is 7. The molecule has 0 unspecified atom stereocenters. The molecule has 0 fully saturated rings. The summed E-state index contributed by atoms with van der Waals surface area (Å²) in [6.07, 6.45) is 4.83. The van der Waals surface area contributed by atoms with Crippen LogP contribution in [0.15, 0.2) is 59.6 Å². The molecule has 33 heavy (non-hydrogen) atoms. The van der Waals surface area contributed by atoms with Gasteiger partial charge in [0.1, 0.15) is 23.6 Å². The van der Waals surface area contributed by atoms with Crippen molar-refractivity contribution in [2.45, 2.75) is 39.7 Å². The first-order valence-corrected chi connectivity index (χ1v) is 10.7. The van der Waals surface area contributed by atoms with Crippen LogP contribution in [0.5, 0.6) is 5.75 Å². The average molecular weight is 447 g/mol. The van der Waals surface area contributed by atoms with Gasteiger partial charge in [-0.25, -0.2) is 9.97 Å². The molecule has 1 N–H and O–H groups in total. The quantitative estimate of drug-likeness (QED) is 0.458. The Morgan fingerprint density at radius 1 is 1.15 bits per heavy atom. The summed E-state index contributed by atoms with van der Waals surface area (Å²) in [5.74, 6) is 2.16. The maximum atomic E-state index is 12.6. The molecule has 0 aliphatic rings. The Kier molecular flexibility index (Phi) is 6.21. The Bertz CT molecular complexity index is 1240. The molecule has 9 nitrogen and oxygen atoms in total. The van der Waals surface area contributed by atoms with Gasteiger partial charge in [-0.3, -0.25) is 9.36 Å². The molecular weight excluding hydrogens is 420 g/mol. The van der Waals surface area contributed by atoms with Crippen molar-refractivity contribution < 1.29 is 14.1 Å². The number of aromatic nitrogens is 5. The molecule has 3 aromatic heterocycles. The summed E-state index contributed by atoms with van der Waals surface area (Å²) in [5.41, 5.74) is 1.78. The van der Waals surface area contributed by atoms with E-state index in [0.29, 0.717) is 36.4 Å². The number of imidazole rings is 1. The summed E-state index contributed by atoms with van der Waals surface area (Å²) >= 11 is 0. The number of carbonyl (C=O) groups is 1. The zero-order valence-corrected chi connectivity index (χ0v) is 19.1. The smallest absolute Gasteiger partial charge is 0.271 e. The van der Waals surface area contributed by atoms with Gasteiger partial charge in [-0.2, -0.15) is 4.98 Å². The van der Waals surface area contributed by atoms with Crippen LogP contribution in [0.4, 0.5) is 0 Å². The molecule has 9 heteroatoms. The molecule has 0 atom stereocenters. The van der Waals surface area contributed by atoms with Gasteiger partial charge >= 0.3 is 0 Å². The van der Waals surface area contributed by atoms with Gasteiger partial charge in [0.05, 0.1) is 6.61 Å². The minimum atomic E-state index is -0.273. The van der Waals surface area contributed by atoms with E-state index in [-0.39, 0.29) is 11.3 Å². The van der Waals surface area contributed by atoms with Crippen molar-refractivity contribution in [2.75, 3.05) is 6.61 Å². The van der Waals surface area contributed by atoms with E-state index in [1.165, 1.54) is 0 Å². The lowest BCUT2D eigenvalue weighted by molar-refractivity contribution is 0.0946. The van der Waals surface area contributed by atoms with Crippen LogP contribution in [-0.2, 0) is 12.0 Å². The second-order valence-corrected chi connectivity index (χ2v) is 8.50. The number of amides is 1. The first-order chi connectivity index (χ1) is 15.8. The molecule has 0 aliphatic carbocycles. The fourth-order valence-corrected chi connectivity index (χ4v) is 3.05. The Balaban J connectivity index is 1.44. The maximum Gasteiger partial charge on any atom is 0.271 e. The number of benzene rings is 1. The van der Waals surface area contributed by atoms with Crippen molar-refractivity contribution in [3.8, 4) is 23.0 Å². The molecule has 1 aromatic carbocycles. The van der Waals surface area contributed by atoms with E-state index in [4.69, 9.17) is 9.26 Å². The van der Waals surface area contributed by atoms with Crippen LogP contribution in [-0.4, -0.2) is 37.2 Å². The molecule has 0 radical (unpaired) electrons. The summed E-state index contributed by atoms with van der Waals surface area (Å²) in [6, 6.07) is 11.2. The third kappa shape index (κ3) is 5.25. The van der Waals surface area contributed by atoms with Crippen LogP contribution in [0.3, 0.4) is 0 Å². The van der Waals surface area contributed by atoms with E-state index in [2.05, 4.69) is 25.4 Å². The summed E-state index contributed by atoms with van der Waals surface area (Å²) in [5, 5.41) is 6.94. The summed E-state index contributed by atoms with van der Waals surface area (Å²) in [7, 11) is 0. The number of carbonyl (C=O) groups excluding carboxylic acids is 1. The number of rotatable bonds is 7. The molecule has 4 aromatic rings. The van der Waals surface area contributed by atoms with Crippen molar-refractivity contribution in [1.82, 2.24) is 30.0 Å². The van der Waals surface area contributed by atoms with Crippen LogP contribution in [0.25, 0.3) is 17.3 Å². The fourth-order valence-electron chi connectivity index (χ4n) is 3.05. The second kappa shape index (κ2) is 9.23. The Morgan fingerprint density at radius 3 is 2.64 bits per heavy atom. The fraction of sp³-hybridized carbons (Fsp3) is 0.292. The molecular formula is C24H26N6O3. The van der Waals surface area contributed by atoms with E-state index >= 15 is 0 Å². The molecule has 0 bridgehead atoms. The number of hydrogen-bond donors (Lipinski definition) is 1. The van der Waals surface area contributed by atoms with Crippen molar-refractivity contribution in [2.24, 2.45) is 0 Å². The number of pyridine rings is 1. The summed E-state index contributed by atoms with van der Waals surface area (Å²) in [6.45, 7) is 9.00. The van der Waals surface area contributed by atoms with Crippen LogP contribution >= 0.6 is 0 Å². The average Bonchev–Trinajstić information content (AvgIpc) is 3.49. The van der Waals surface area contributed by atoms with Gasteiger partial charge < -0.3 is 14.6 Å². The number of ether oxygens (including phenoxy) is 1. The van der Waals surface area contributed by atoms with Crippen molar-refractivity contribution in [1.29, 1.82) is 0 Å². The Morgan fingerprint density at radius 2 is 1.94 bits per heavy atom. The molecule has 3 heterocycles. The molecule has 0 saturated carbocycles. The normalized spacial score (nSPS) is 11.4. The van der Waals surface area contributed by atoms with Gasteiger partial charge in [-0.1, -0.05) is 38.1 Å². The van der Waals surface area contributed by atoms with Gasteiger partial charge in [-0.05, 0) is 36.8 Å². The summed E-state index contributed by atoms with van der Waals surface area (Å²) < 4.78 is 12.5.